The topological polar surface area (TPSA) is 122 Å². The summed E-state index contributed by atoms with van der Waals surface area (Å²) in [6.07, 6.45) is 12.1. The van der Waals surface area contributed by atoms with Crippen LogP contribution >= 0.6 is 0 Å². The van der Waals surface area contributed by atoms with E-state index in [-0.39, 0.29) is 6.29 Å². The lowest BCUT2D eigenvalue weighted by molar-refractivity contribution is 0.0239. The van der Waals surface area contributed by atoms with Crippen LogP contribution < -0.4 is 16.0 Å². The van der Waals surface area contributed by atoms with Crippen molar-refractivity contribution in [2.75, 3.05) is 11.9 Å². The van der Waals surface area contributed by atoms with Crippen molar-refractivity contribution >= 4 is 17.4 Å². The fraction of sp³-hybridized carbons (Fsp3) is 0.565. The van der Waals surface area contributed by atoms with Crippen LogP contribution in [0.2, 0.25) is 0 Å². The molecule has 0 amide bonds. The van der Waals surface area contributed by atoms with Crippen molar-refractivity contribution in [3.05, 3.63) is 35.8 Å². The zero-order valence-electron chi connectivity index (χ0n) is 19.3. The molecule has 4 N–H and O–H groups in total. The summed E-state index contributed by atoms with van der Waals surface area (Å²) in [5, 5.41) is 31.3. The highest BCUT2D eigenvalue weighted by atomic mass is 15.3. The van der Waals surface area contributed by atoms with Crippen LogP contribution in [0.4, 0.5) is 5.82 Å². The Morgan fingerprint density at radius 2 is 2.09 bits per heavy atom. The van der Waals surface area contributed by atoms with Crippen molar-refractivity contribution in [1.82, 2.24) is 35.5 Å². The van der Waals surface area contributed by atoms with Gasteiger partial charge in [-0.3, -0.25) is 20.0 Å². The van der Waals surface area contributed by atoms with E-state index in [0.29, 0.717) is 24.5 Å². The van der Waals surface area contributed by atoms with Gasteiger partial charge in [-0.2, -0.15) is 15.5 Å². The van der Waals surface area contributed by atoms with Gasteiger partial charge in [-0.25, -0.2) is 4.99 Å². The summed E-state index contributed by atoms with van der Waals surface area (Å²) in [4.78, 5) is 7.47. The molecule has 10 heteroatoms. The number of piperidine rings is 2. The van der Waals surface area contributed by atoms with Crippen molar-refractivity contribution in [3.63, 3.8) is 0 Å². The fourth-order valence-electron chi connectivity index (χ4n) is 5.40. The van der Waals surface area contributed by atoms with Crippen molar-refractivity contribution in [3.8, 4) is 6.07 Å². The molecule has 10 nitrogen and oxygen atoms in total. The van der Waals surface area contributed by atoms with Crippen LogP contribution in [-0.2, 0) is 7.05 Å². The number of nitrogens with zero attached hydrogens (tertiary/aromatic N) is 6. The minimum absolute atomic E-state index is 0.246. The van der Waals surface area contributed by atoms with E-state index >= 15 is 0 Å². The SMILES string of the molecule is Cc1cc(NC2=NC(NC3C[C@H]4CCC[C@@H](C3)N4CCC#N)NC(c3cnn(C)c3)=C2)n[nH]1. The molecule has 0 spiro atoms. The van der Waals surface area contributed by atoms with Crippen LogP contribution in [0, 0.1) is 18.3 Å². The quantitative estimate of drug-likeness (QED) is 0.534. The second-order valence-corrected chi connectivity index (χ2v) is 9.30. The molecular weight excluding hydrogens is 416 g/mol. The summed E-state index contributed by atoms with van der Waals surface area (Å²) in [5.41, 5.74) is 2.98. The van der Waals surface area contributed by atoms with Gasteiger partial charge in [-0.15, -0.1) is 0 Å². The third kappa shape index (κ3) is 4.94. The highest BCUT2D eigenvalue weighted by Gasteiger charge is 2.38. The molecule has 174 valence electrons. The Labute approximate surface area is 194 Å². The monoisotopic (exact) mass is 448 g/mol. The molecule has 33 heavy (non-hydrogen) atoms. The maximum absolute atomic E-state index is 9.05. The summed E-state index contributed by atoms with van der Waals surface area (Å²) in [5.74, 6) is 1.50. The Balaban J connectivity index is 1.31. The van der Waals surface area contributed by atoms with Crippen LogP contribution in [0.3, 0.4) is 0 Å². The minimum Gasteiger partial charge on any atom is -0.351 e. The molecule has 0 aliphatic carbocycles. The van der Waals surface area contributed by atoms with Gasteiger partial charge in [-0.05, 0) is 32.6 Å². The lowest BCUT2D eigenvalue weighted by Crippen LogP contribution is -2.59. The van der Waals surface area contributed by atoms with Crippen LogP contribution in [0.1, 0.15) is 49.8 Å². The van der Waals surface area contributed by atoms with E-state index in [1.54, 1.807) is 4.68 Å². The van der Waals surface area contributed by atoms with Gasteiger partial charge < -0.3 is 10.6 Å². The van der Waals surface area contributed by atoms with E-state index in [0.717, 1.165) is 48.0 Å². The Hall–Kier alpha value is -3.16. The molecule has 3 aliphatic heterocycles. The average Bonchev–Trinajstić information content (AvgIpc) is 3.40. The standard InChI is InChI=1S/C23H32N10/c1-15-9-22(31-30-15)28-21-12-20(16-13-25-32(2)14-16)27-23(29-21)26-17-10-18-5-3-6-19(11-17)33(18)8-4-7-24/h9,12-14,17-19,23,26-27H,3-6,8,10-11H2,1-2H3,(H2,28,29,30,31)/t17?,18-,19+,23?. The molecular formula is C23H32N10. The number of aromatic nitrogens is 4. The maximum Gasteiger partial charge on any atom is 0.176 e. The van der Waals surface area contributed by atoms with Gasteiger partial charge in [-0.1, -0.05) is 6.42 Å². The molecule has 2 aromatic heterocycles. The molecule has 2 aromatic rings. The number of aromatic amines is 1. The molecule has 2 fully saturated rings. The van der Waals surface area contributed by atoms with E-state index in [4.69, 9.17) is 10.3 Å². The number of aliphatic imine (C=N–C) groups is 1. The molecule has 3 aliphatic rings. The average molecular weight is 449 g/mol. The number of anilines is 1. The van der Waals surface area contributed by atoms with Crippen molar-refractivity contribution in [2.45, 2.75) is 69.9 Å². The third-order valence-corrected chi connectivity index (χ3v) is 6.82. The first kappa shape index (κ1) is 21.7. The molecule has 0 saturated carbocycles. The van der Waals surface area contributed by atoms with Gasteiger partial charge in [0.25, 0.3) is 0 Å². The van der Waals surface area contributed by atoms with Crippen LogP contribution in [0.25, 0.3) is 5.70 Å². The van der Waals surface area contributed by atoms with E-state index < -0.39 is 0 Å². The smallest absolute Gasteiger partial charge is 0.176 e. The number of hydrogen-bond donors (Lipinski definition) is 4. The number of amidine groups is 1. The largest absolute Gasteiger partial charge is 0.351 e. The summed E-state index contributed by atoms with van der Waals surface area (Å²) in [7, 11) is 1.92. The van der Waals surface area contributed by atoms with Crippen molar-refractivity contribution in [1.29, 1.82) is 5.26 Å². The predicted octanol–water partition coefficient (Wildman–Crippen LogP) is 2.08. The molecule has 2 bridgehead atoms. The number of aryl methyl sites for hydroxylation is 2. The Kier molecular flexibility index (Phi) is 6.15. The van der Waals surface area contributed by atoms with Gasteiger partial charge in [0.15, 0.2) is 12.1 Å². The normalized spacial score (nSPS) is 27.3. The van der Waals surface area contributed by atoms with Gasteiger partial charge in [0.05, 0.1) is 18.0 Å². The summed E-state index contributed by atoms with van der Waals surface area (Å²) in [6.45, 7) is 2.87. The molecule has 2 unspecified atom stereocenters. The summed E-state index contributed by atoms with van der Waals surface area (Å²) < 4.78 is 1.80. The molecule has 0 aromatic carbocycles. The van der Waals surface area contributed by atoms with E-state index in [1.807, 2.05) is 38.5 Å². The number of nitriles is 1. The highest BCUT2D eigenvalue weighted by Crippen LogP contribution is 2.34. The van der Waals surface area contributed by atoms with E-state index in [1.165, 1.54) is 19.3 Å². The first-order valence-corrected chi connectivity index (χ1v) is 11.8. The first-order chi connectivity index (χ1) is 16.1. The molecule has 5 heterocycles. The zero-order chi connectivity index (χ0) is 22.8. The highest BCUT2D eigenvalue weighted by molar-refractivity contribution is 6.08. The maximum atomic E-state index is 9.05. The molecule has 2 saturated heterocycles. The number of H-pyrrole nitrogens is 1. The van der Waals surface area contributed by atoms with Gasteiger partial charge in [0.1, 0.15) is 5.84 Å². The van der Waals surface area contributed by atoms with Crippen molar-refractivity contribution < 1.29 is 0 Å². The number of fused-ring (bicyclic) bond motifs is 2. The minimum atomic E-state index is -0.246. The number of hydrogen-bond acceptors (Lipinski definition) is 8. The lowest BCUT2D eigenvalue weighted by atomic mass is 9.81. The number of nitrogens with one attached hydrogen (secondary N) is 4. The molecule has 0 radical (unpaired) electrons. The Morgan fingerprint density at radius 1 is 1.27 bits per heavy atom. The Morgan fingerprint density at radius 3 is 2.76 bits per heavy atom. The zero-order valence-corrected chi connectivity index (χ0v) is 19.3. The van der Waals surface area contributed by atoms with E-state index in [2.05, 4.69) is 42.2 Å². The van der Waals surface area contributed by atoms with Crippen LogP contribution in [0.15, 0.2) is 29.5 Å². The first-order valence-electron chi connectivity index (χ1n) is 11.8. The van der Waals surface area contributed by atoms with E-state index in [9.17, 15) is 0 Å². The fourth-order valence-corrected chi connectivity index (χ4v) is 5.40. The lowest BCUT2D eigenvalue weighted by Gasteiger charge is -2.49. The van der Waals surface area contributed by atoms with Gasteiger partial charge >= 0.3 is 0 Å². The predicted molar refractivity (Wildman–Crippen MR) is 127 cm³/mol. The van der Waals surface area contributed by atoms with Gasteiger partial charge in [0, 0.05) is 67.7 Å². The van der Waals surface area contributed by atoms with Crippen LogP contribution in [0.5, 0.6) is 0 Å². The summed E-state index contributed by atoms with van der Waals surface area (Å²) >= 11 is 0. The molecule has 4 atom stereocenters. The van der Waals surface area contributed by atoms with Crippen LogP contribution in [-0.4, -0.2) is 61.7 Å². The van der Waals surface area contributed by atoms with Gasteiger partial charge in [0.2, 0.25) is 0 Å². The second-order valence-electron chi connectivity index (χ2n) is 9.30. The number of rotatable bonds is 6. The Bertz CT molecular complexity index is 1060. The second kappa shape index (κ2) is 9.37. The third-order valence-electron chi connectivity index (χ3n) is 6.82. The summed E-state index contributed by atoms with van der Waals surface area (Å²) in [6, 6.07) is 5.75. The molecule has 5 rings (SSSR count). The van der Waals surface area contributed by atoms with Crippen molar-refractivity contribution in [2.24, 2.45) is 12.0 Å².